The lowest BCUT2D eigenvalue weighted by molar-refractivity contribution is -0.138. The molecule has 0 saturated carbocycles. The van der Waals surface area contributed by atoms with Crippen LogP contribution in [-0.4, -0.2) is 48.0 Å². The third-order valence-corrected chi connectivity index (χ3v) is 4.68. The van der Waals surface area contributed by atoms with Crippen LogP contribution in [0, 0.1) is 0 Å². The highest BCUT2D eigenvalue weighted by atomic mass is 16.6. The van der Waals surface area contributed by atoms with Gasteiger partial charge >= 0.3 is 12.1 Å². The average molecular weight is 380 g/mol. The van der Waals surface area contributed by atoms with Gasteiger partial charge in [0.2, 0.25) is 5.90 Å². The van der Waals surface area contributed by atoms with Crippen LogP contribution in [0.3, 0.4) is 0 Å². The molecule has 7 nitrogen and oxygen atoms in total. The zero-order valence-electron chi connectivity index (χ0n) is 15.7. The maximum Gasteiger partial charge on any atom is 0.424 e. The third-order valence-electron chi connectivity index (χ3n) is 4.68. The van der Waals surface area contributed by atoms with Crippen LogP contribution in [0.2, 0.25) is 0 Å². The largest absolute Gasteiger partial charge is 0.468 e. The second-order valence-electron chi connectivity index (χ2n) is 6.30. The van der Waals surface area contributed by atoms with Crippen LogP contribution in [0.5, 0.6) is 0 Å². The highest BCUT2D eigenvalue weighted by Gasteiger charge is 2.58. The number of cyclic esters (lactones) is 1. The van der Waals surface area contributed by atoms with E-state index in [1.807, 2.05) is 30.3 Å². The van der Waals surface area contributed by atoms with Gasteiger partial charge in [-0.25, -0.2) is 14.7 Å². The number of fused-ring (bicyclic) bond motifs is 1. The van der Waals surface area contributed by atoms with Gasteiger partial charge in [0.15, 0.2) is 5.54 Å². The Morgan fingerprint density at radius 1 is 1.32 bits per heavy atom. The van der Waals surface area contributed by atoms with Crippen molar-refractivity contribution in [2.45, 2.75) is 18.9 Å². The van der Waals surface area contributed by atoms with Gasteiger partial charge in [0.05, 0.1) is 7.11 Å². The minimum absolute atomic E-state index is 0.0189. The fourth-order valence-corrected chi connectivity index (χ4v) is 3.39. The first kappa shape index (κ1) is 19.3. The molecule has 28 heavy (non-hydrogen) atoms. The summed E-state index contributed by atoms with van der Waals surface area (Å²) in [7, 11) is 1.24. The Kier molecular flexibility index (Phi) is 5.26. The molecule has 0 spiro atoms. The molecule has 2 heterocycles. The van der Waals surface area contributed by atoms with Crippen LogP contribution in [-0.2, 0) is 25.5 Å². The molecule has 144 valence electrons. The third kappa shape index (κ3) is 3.15. The van der Waals surface area contributed by atoms with Gasteiger partial charge in [-0.1, -0.05) is 49.1 Å². The second-order valence-corrected chi connectivity index (χ2v) is 6.30. The lowest BCUT2D eigenvalue weighted by atomic mass is 9.82. The number of carbonyl (C=O) groups excluding carboxylic acids is 3. The maximum absolute atomic E-state index is 13.1. The first-order chi connectivity index (χ1) is 13.5. The van der Waals surface area contributed by atoms with Crippen LogP contribution in [0.1, 0.15) is 12.5 Å². The predicted molar refractivity (Wildman–Crippen MR) is 103 cm³/mol. The standard InChI is InChI=1S/C21H20N2O5/c1-4-15-12-21(11-14-9-7-6-8-10-14)19(22-13-17(24)27-3)28-20(26)23(21)18(25)16(15)5-2/h4-10,12H,1,11,13H2,2-3H3/b16-5-,22-19?/t21-/m0/s1. The van der Waals surface area contributed by atoms with E-state index in [0.29, 0.717) is 11.1 Å². The molecule has 0 unspecified atom stereocenters. The molecule has 1 aromatic carbocycles. The number of benzene rings is 1. The van der Waals surface area contributed by atoms with Crippen LogP contribution in [0.15, 0.2) is 71.3 Å². The van der Waals surface area contributed by atoms with Gasteiger partial charge in [0.25, 0.3) is 5.91 Å². The maximum atomic E-state index is 13.1. The lowest BCUT2D eigenvalue weighted by Crippen LogP contribution is -2.55. The summed E-state index contributed by atoms with van der Waals surface area (Å²) in [5.74, 6) is -1.10. The number of carbonyl (C=O) groups is 3. The number of hydrogen-bond donors (Lipinski definition) is 0. The molecule has 1 atom stereocenters. The molecule has 0 N–H and O–H groups in total. The van der Waals surface area contributed by atoms with Gasteiger partial charge in [-0.15, -0.1) is 0 Å². The van der Waals surface area contributed by atoms with Crippen molar-refractivity contribution in [2.75, 3.05) is 13.7 Å². The molecule has 2 amide bonds. The number of ether oxygens (including phenoxy) is 2. The molecule has 0 aliphatic carbocycles. The zero-order chi connectivity index (χ0) is 20.3. The number of rotatable bonds is 5. The summed E-state index contributed by atoms with van der Waals surface area (Å²) in [6.45, 7) is 5.16. The van der Waals surface area contributed by atoms with E-state index in [1.54, 1.807) is 25.2 Å². The first-order valence-corrected chi connectivity index (χ1v) is 8.71. The SMILES string of the molecule is C=CC1=C[C@@]2(Cc3ccccc3)C(=NCC(=O)OC)OC(=O)N2C(=O)/C1=C\C. The second kappa shape index (κ2) is 7.64. The van der Waals surface area contributed by atoms with Gasteiger partial charge in [-0.05, 0) is 24.1 Å². The van der Waals surface area contributed by atoms with E-state index in [0.717, 1.165) is 10.5 Å². The Morgan fingerprint density at radius 2 is 2.04 bits per heavy atom. The molecule has 1 aromatic rings. The molecule has 7 heteroatoms. The zero-order valence-corrected chi connectivity index (χ0v) is 15.7. The number of methoxy groups -OCH3 is 1. The summed E-state index contributed by atoms with van der Waals surface area (Å²) >= 11 is 0. The van der Waals surface area contributed by atoms with Gasteiger partial charge in [-0.3, -0.25) is 9.59 Å². The fourth-order valence-electron chi connectivity index (χ4n) is 3.39. The quantitative estimate of drug-likeness (QED) is 0.579. The summed E-state index contributed by atoms with van der Waals surface area (Å²) in [6, 6.07) is 9.35. The van der Waals surface area contributed by atoms with Gasteiger partial charge in [0, 0.05) is 12.0 Å². The van der Waals surface area contributed by atoms with E-state index in [4.69, 9.17) is 4.74 Å². The molecule has 2 aliphatic heterocycles. The minimum atomic E-state index is -1.28. The summed E-state index contributed by atoms with van der Waals surface area (Å²) in [4.78, 5) is 42.5. The molecule has 0 bridgehead atoms. The van der Waals surface area contributed by atoms with Gasteiger partial charge < -0.3 is 9.47 Å². The summed E-state index contributed by atoms with van der Waals surface area (Å²) in [6.07, 6.45) is 4.34. The number of allylic oxidation sites excluding steroid dienone is 2. The summed E-state index contributed by atoms with van der Waals surface area (Å²) in [5.41, 5.74) is 0.515. The van der Waals surface area contributed by atoms with Gasteiger partial charge in [0.1, 0.15) is 6.54 Å². The number of imide groups is 1. The highest BCUT2D eigenvalue weighted by Crippen LogP contribution is 2.39. The Labute approximate surface area is 162 Å². The lowest BCUT2D eigenvalue weighted by Gasteiger charge is -2.36. The first-order valence-electron chi connectivity index (χ1n) is 8.71. The number of amides is 2. The van der Waals surface area contributed by atoms with Crippen molar-refractivity contribution in [3.05, 3.63) is 71.8 Å². The van der Waals surface area contributed by atoms with Crippen molar-refractivity contribution in [3.8, 4) is 0 Å². The van der Waals surface area contributed by atoms with E-state index in [2.05, 4.69) is 16.3 Å². The van der Waals surface area contributed by atoms with Crippen molar-refractivity contribution in [3.63, 3.8) is 0 Å². The van der Waals surface area contributed by atoms with Crippen molar-refractivity contribution in [1.82, 2.24) is 4.90 Å². The molecule has 2 aliphatic rings. The molecular formula is C21H20N2O5. The fraction of sp³-hybridized carbons (Fsp3) is 0.238. The minimum Gasteiger partial charge on any atom is -0.468 e. The van der Waals surface area contributed by atoms with Crippen LogP contribution >= 0.6 is 0 Å². The normalized spacial score (nSPS) is 24.1. The molecule has 0 radical (unpaired) electrons. The molecule has 0 aromatic heterocycles. The van der Waals surface area contributed by atoms with E-state index < -0.39 is 23.5 Å². The van der Waals surface area contributed by atoms with Crippen LogP contribution in [0.25, 0.3) is 0 Å². The Hall–Kier alpha value is -3.48. The van der Waals surface area contributed by atoms with Crippen LogP contribution < -0.4 is 0 Å². The van der Waals surface area contributed by atoms with E-state index in [9.17, 15) is 14.4 Å². The smallest absolute Gasteiger partial charge is 0.424 e. The van der Waals surface area contributed by atoms with Gasteiger partial charge in [-0.2, -0.15) is 0 Å². The highest BCUT2D eigenvalue weighted by molar-refractivity contribution is 6.18. The molecule has 1 fully saturated rings. The van der Waals surface area contributed by atoms with Crippen molar-refractivity contribution in [2.24, 2.45) is 4.99 Å². The Balaban J connectivity index is 2.20. The average Bonchev–Trinajstić information content (AvgIpc) is 2.98. The van der Waals surface area contributed by atoms with E-state index >= 15 is 0 Å². The number of hydrogen-bond acceptors (Lipinski definition) is 6. The molecule has 1 saturated heterocycles. The number of aliphatic imine (C=N–C) groups is 1. The molecule has 3 rings (SSSR count). The Bertz CT molecular complexity index is 929. The Morgan fingerprint density at radius 3 is 2.64 bits per heavy atom. The number of esters is 1. The molecular weight excluding hydrogens is 360 g/mol. The monoisotopic (exact) mass is 380 g/mol. The summed E-state index contributed by atoms with van der Waals surface area (Å²) in [5, 5.41) is 0. The van der Waals surface area contributed by atoms with Crippen LogP contribution in [0.4, 0.5) is 4.79 Å². The van der Waals surface area contributed by atoms with E-state index in [1.165, 1.54) is 7.11 Å². The van der Waals surface area contributed by atoms with Crippen molar-refractivity contribution in [1.29, 1.82) is 0 Å². The van der Waals surface area contributed by atoms with Crippen molar-refractivity contribution < 1.29 is 23.9 Å². The summed E-state index contributed by atoms with van der Waals surface area (Å²) < 4.78 is 9.95. The van der Waals surface area contributed by atoms with E-state index in [-0.39, 0.29) is 18.9 Å². The van der Waals surface area contributed by atoms with Crippen molar-refractivity contribution >= 4 is 23.9 Å². The number of nitrogens with zero attached hydrogens (tertiary/aromatic N) is 2. The predicted octanol–water partition coefficient (Wildman–Crippen LogP) is 2.59. The topological polar surface area (TPSA) is 85.3 Å².